The Balaban J connectivity index is 5.39. The molecule has 0 saturated heterocycles. The van der Waals surface area contributed by atoms with Gasteiger partial charge in [-0.1, -0.05) is 74.1 Å². The first-order chi connectivity index (χ1) is 10.2. The van der Waals surface area contributed by atoms with E-state index in [4.69, 9.17) is 4.99 Å². The van der Waals surface area contributed by atoms with Crippen molar-refractivity contribution in [3.05, 3.63) is 0 Å². The maximum Gasteiger partial charge on any atom is 0.0605 e. The zero-order valence-corrected chi connectivity index (χ0v) is 17.1. The Kier molecular flexibility index (Phi) is 9.58. The fourth-order valence-electron chi connectivity index (χ4n) is 3.56. The molecule has 132 valence electrons. The molecule has 0 saturated carbocycles. The summed E-state index contributed by atoms with van der Waals surface area (Å²) >= 11 is 0. The fourth-order valence-corrected chi connectivity index (χ4v) is 3.56. The van der Waals surface area contributed by atoms with E-state index in [0.717, 1.165) is 12.3 Å². The van der Waals surface area contributed by atoms with Crippen molar-refractivity contribution in [1.82, 2.24) is 0 Å². The first kappa shape index (κ1) is 21.7. The number of unbranched alkanes of at least 4 members (excludes halogenated alkanes) is 1. The lowest BCUT2D eigenvalue weighted by Crippen LogP contribution is -2.38. The third kappa shape index (κ3) is 5.39. The minimum atomic E-state index is 0.0874. The van der Waals surface area contributed by atoms with Crippen molar-refractivity contribution >= 4 is 5.71 Å². The molecular weight excluding hydrogens is 266 g/mol. The van der Waals surface area contributed by atoms with E-state index in [-0.39, 0.29) is 11.0 Å². The maximum atomic E-state index is 5.33. The Morgan fingerprint density at radius 1 is 0.955 bits per heavy atom. The van der Waals surface area contributed by atoms with Gasteiger partial charge in [0, 0.05) is 11.1 Å². The van der Waals surface area contributed by atoms with Crippen LogP contribution in [-0.2, 0) is 0 Å². The molecule has 1 nitrogen and oxygen atoms in total. The summed E-state index contributed by atoms with van der Waals surface area (Å²) in [5, 5.41) is 0. The Bertz CT molecular complexity index is 327. The van der Waals surface area contributed by atoms with Gasteiger partial charge in [0.15, 0.2) is 0 Å². The molecule has 0 amide bonds. The van der Waals surface area contributed by atoms with Crippen LogP contribution in [-0.4, -0.2) is 11.3 Å². The molecule has 0 aliphatic heterocycles. The highest BCUT2D eigenvalue weighted by Gasteiger charge is 2.35. The summed E-state index contributed by atoms with van der Waals surface area (Å²) in [6.07, 6.45) is 8.80. The molecule has 1 heteroatoms. The highest BCUT2D eigenvalue weighted by Crippen LogP contribution is 2.38. The second kappa shape index (κ2) is 9.73. The second-order valence-corrected chi connectivity index (χ2v) is 7.77. The van der Waals surface area contributed by atoms with E-state index < -0.39 is 0 Å². The second-order valence-electron chi connectivity index (χ2n) is 7.77. The number of hydrogen-bond acceptors (Lipinski definition) is 1. The SMILES string of the molecule is CCCCC(CC)C(C)C(C)(CC)N=C(C)C(C)(CC)CC. The molecular formula is C21H43N. The lowest BCUT2D eigenvalue weighted by atomic mass is 9.73. The highest BCUT2D eigenvalue weighted by molar-refractivity contribution is 5.88. The van der Waals surface area contributed by atoms with Crippen molar-refractivity contribution in [2.45, 2.75) is 113 Å². The van der Waals surface area contributed by atoms with Crippen LogP contribution in [0.1, 0.15) is 107 Å². The van der Waals surface area contributed by atoms with Crippen LogP contribution in [0.25, 0.3) is 0 Å². The Labute approximate surface area is 141 Å². The van der Waals surface area contributed by atoms with E-state index in [2.05, 4.69) is 62.3 Å². The Hall–Kier alpha value is -0.330. The van der Waals surface area contributed by atoms with Gasteiger partial charge in [-0.05, 0) is 44.9 Å². The first-order valence-corrected chi connectivity index (χ1v) is 9.81. The van der Waals surface area contributed by atoms with Gasteiger partial charge in [-0.2, -0.15) is 0 Å². The van der Waals surface area contributed by atoms with Crippen LogP contribution >= 0.6 is 0 Å². The number of nitrogens with zero attached hydrogens (tertiary/aromatic N) is 1. The van der Waals surface area contributed by atoms with Crippen molar-refractivity contribution < 1.29 is 0 Å². The normalized spacial score (nSPS) is 18.9. The molecule has 0 aliphatic rings. The Morgan fingerprint density at radius 3 is 1.86 bits per heavy atom. The molecule has 3 unspecified atom stereocenters. The first-order valence-electron chi connectivity index (χ1n) is 9.81. The van der Waals surface area contributed by atoms with Gasteiger partial charge in [-0.15, -0.1) is 0 Å². The summed E-state index contributed by atoms with van der Waals surface area (Å²) in [4.78, 5) is 5.33. The summed E-state index contributed by atoms with van der Waals surface area (Å²) < 4.78 is 0. The van der Waals surface area contributed by atoms with E-state index in [1.165, 1.54) is 44.2 Å². The fraction of sp³-hybridized carbons (Fsp3) is 0.952. The van der Waals surface area contributed by atoms with Crippen LogP contribution in [0.5, 0.6) is 0 Å². The van der Waals surface area contributed by atoms with Crippen molar-refractivity contribution in [1.29, 1.82) is 0 Å². The summed E-state index contributed by atoms with van der Waals surface area (Å²) in [6, 6.07) is 0. The molecule has 0 radical (unpaired) electrons. The van der Waals surface area contributed by atoms with E-state index in [0.29, 0.717) is 5.92 Å². The predicted molar refractivity (Wildman–Crippen MR) is 103 cm³/mol. The zero-order chi connectivity index (χ0) is 17.4. The summed E-state index contributed by atoms with van der Waals surface area (Å²) in [7, 11) is 0. The Morgan fingerprint density at radius 2 is 1.50 bits per heavy atom. The summed E-state index contributed by atoms with van der Waals surface area (Å²) in [5.74, 6) is 1.46. The maximum absolute atomic E-state index is 5.33. The largest absolute Gasteiger partial charge is 0.287 e. The molecule has 0 bridgehead atoms. The predicted octanol–water partition coefficient (Wildman–Crippen LogP) is 7.29. The van der Waals surface area contributed by atoms with Crippen LogP contribution in [0.2, 0.25) is 0 Å². The third-order valence-corrected chi connectivity index (χ3v) is 6.71. The van der Waals surface area contributed by atoms with Crippen LogP contribution in [0.15, 0.2) is 4.99 Å². The third-order valence-electron chi connectivity index (χ3n) is 6.71. The molecule has 22 heavy (non-hydrogen) atoms. The molecule has 0 aromatic heterocycles. The highest BCUT2D eigenvalue weighted by atomic mass is 14.9. The van der Waals surface area contributed by atoms with Crippen LogP contribution in [0.4, 0.5) is 0 Å². The van der Waals surface area contributed by atoms with Gasteiger partial charge < -0.3 is 0 Å². The molecule has 0 aromatic rings. The molecule has 0 spiro atoms. The summed E-state index contributed by atoms with van der Waals surface area (Å²) in [6.45, 7) is 21.0. The van der Waals surface area contributed by atoms with Gasteiger partial charge in [0.25, 0.3) is 0 Å². The molecule has 3 atom stereocenters. The van der Waals surface area contributed by atoms with Crippen molar-refractivity contribution in [3.63, 3.8) is 0 Å². The van der Waals surface area contributed by atoms with E-state index in [9.17, 15) is 0 Å². The molecule has 0 rings (SSSR count). The van der Waals surface area contributed by atoms with Gasteiger partial charge in [0.2, 0.25) is 0 Å². The minimum absolute atomic E-state index is 0.0874. The van der Waals surface area contributed by atoms with Crippen LogP contribution in [0, 0.1) is 17.3 Å². The van der Waals surface area contributed by atoms with Crippen LogP contribution in [0.3, 0.4) is 0 Å². The summed E-state index contributed by atoms with van der Waals surface area (Å²) in [5.41, 5.74) is 1.71. The van der Waals surface area contributed by atoms with Gasteiger partial charge >= 0.3 is 0 Å². The van der Waals surface area contributed by atoms with Crippen molar-refractivity contribution in [3.8, 4) is 0 Å². The number of rotatable bonds is 11. The average Bonchev–Trinajstić information content (AvgIpc) is 2.54. The van der Waals surface area contributed by atoms with Crippen molar-refractivity contribution in [2.75, 3.05) is 0 Å². The lowest BCUT2D eigenvalue weighted by molar-refractivity contribution is 0.196. The van der Waals surface area contributed by atoms with Crippen molar-refractivity contribution in [2.24, 2.45) is 22.2 Å². The van der Waals surface area contributed by atoms with Gasteiger partial charge in [0.1, 0.15) is 0 Å². The zero-order valence-electron chi connectivity index (χ0n) is 17.1. The van der Waals surface area contributed by atoms with Crippen LogP contribution < -0.4 is 0 Å². The van der Waals surface area contributed by atoms with E-state index in [1.807, 2.05) is 0 Å². The monoisotopic (exact) mass is 309 g/mol. The lowest BCUT2D eigenvalue weighted by Gasteiger charge is -2.39. The minimum Gasteiger partial charge on any atom is -0.287 e. The molecule has 0 aliphatic carbocycles. The van der Waals surface area contributed by atoms with E-state index >= 15 is 0 Å². The van der Waals surface area contributed by atoms with Gasteiger partial charge in [0.05, 0.1) is 5.54 Å². The number of hydrogen-bond donors (Lipinski definition) is 0. The smallest absolute Gasteiger partial charge is 0.0605 e. The molecule has 0 N–H and O–H groups in total. The van der Waals surface area contributed by atoms with Gasteiger partial charge in [-0.3, -0.25) is 4.99 Å². The molecule has 0 heterocycles. The van der Waals surface area contributed by atoms with E-state index in [1.54, 1.807) is 0 Å². The molecule has 0 aromatic carbocycles. The average molecular weight is 310 g/mol. The molecule has 0 fully saturated rings. The van der Waals surface area contributed by atoms with Gasteiger partial charge in [-0.25, -0.2) is 0 Å². The quantitative estimate of drug-likeness (QED) is 0.355. The topological polar surface area (TPSA) is 12.4 Å². The number of aliphatic imine (C=N–C) groups is 1. The standard InChI is InChI=1S/C21H43N/c1-10-15-16-19(11-2)17(6)21(9,14-5)22-18(7)20(8,12-3)13-4/h17,19H,10-16H2,1-9H3.